The third kappa shape index (κ3) is 4.67. The second-order valence-corrected chi connectivity index (χ2v) is 13.3. The predicted molar refractivity (Wildman–Crippen MR) is 105 cm³/mol. The van der Waals surface area contributed by atoms with Crippen LogP contribution in [0.15, 0.2) is 15.9 Å². The van der Waals surface area contributed by atoms with Gasteiger partial charge in [0.25, 0.3) is 10.1 Å². The lowest BCUT2D eigenvalue weighted by atomic mass is 9.75. The number of hydrogen-bond donors (Lipinski definition) is 1. The minimum Gasteiger partial charge on any atom is -0.282 e. The second kappa shape index (κ2) is 6.31. The maximum Gasteiger partial charge on any atom is 0.295 e. The smallest absolute Gasteiger partial charge is 0.282 e. The summed E-state index contributed by atoms with van der Waals surface area (Å²) in [5.41, 5.74) is -0.827. The maximum absolute atomic E-state index is 12.7. The fourth-order valence-electron chi connectivity index (χ4n) is 3.10. The van der Waals surface area contributed by atoms with Crippen molar-refractivity contribution in [1.29, 1.82) is 0 Å². The summed E-state index contributed by atoms with van der Waals surface area (Å²) in [6, 6.07) is 1.63. The van der Waals surface area contributed by atoms with Crippen molar-refractivity contribution in [2.75, 3.05) is 6.26 Å². The van der Waals surface area contributed by atoms with Crippen LogP contribution < -0.4 is 0 Å². The summed E-state index contributed by atoms with van der Waals surface area (Å²) in [6.07, 6.45) is 1.08. The third-order valence-corrected chi connectivity index (χ3v) is 6.33. The molecule has 150 valence electrons. The molecular weight excluding hydrogens is 372 g/mol. The monoisotopic (exact) mass is 404 g/mol. The Hall–Kier alpha value is -0.920. The van der Waals surface area contributed by atoms with Gasteiger partial charge in [0.2, 0.25) is 0 Å². The lowest BCUT2D eigenvalue weighted by Crippen LogP contribution is -2.30. The van der Waals surface area contributed by atoms with E-state index in [9.17, 15) is 21.4 Å². The lowest BCUT2D eigenvalue weighted by molar-refractivity contribution is 0.458. The van der Waals surface area contributed by atoms with Gasteiger partial charge in [-0.25, -0.2) is 8.42 Å². The van der Waals surface area contributed by atoms with Gasteiger partial charge >= 0.3 is 0 Å². The van der Waals surface area contributed by atoms with E-state index in [2.05, 4.69) is 0 Å². The van der Waals surface area contributed by atoms with Crippen LogP contribution >= 0.6 is 0 Å². The SMILES string of the molecule is CC(C)(C)c1cc(C(C)(C)C)c(S(=O)(=O)O)c(C(C)(C)C)c1S(C)(=O)=O. The van der Waals surface area contributed by atoms with Crippen LogP contribution in [-0.2, 0) is 36.2 Å². The van der Waals surface area contributed by atoms with Crippen LogP contribution in [0.5, 0.6) is 0 Å². The molecule has 0 saturated heterocycles. The first kappa shape index (κ1) is 23.1. The third-order valence-electron chi connectivity index (χ3n) is 4.23. The summed E-state index contributed by atoms with van der Waals surface area (Å²) in [4.78, 5) is -0.288. The van der Waals surface area contributed by atoms with Crippen molar-refractivity contribution in [3.63, 3.8) is 0 Å². The molecule has 0 unspecified atom stereocenters. The van der Waals surface area contributed by atoms with E-state index >= 15 is 0 Å². The summed E-state index contributed by atoms with van der Waals surface area (Å²) in [7, 11) is -8.39. The number of rotatable bonds is 2. The molecule has 0 amide bonds. The molecule has 0 aliphatic rings. The molecule has 0 atom stereocenters. The minimum absolute atomic E-state index is 0.00174. The molecule has 0 heterocycles. The maximum atomic E-state index is 12.7. The summed E-state index contributed by atoms with van der Waals surface area (Å²) in [5, 5.41) is 0. The molecule has 1 N–H and O–H groups in total. The van der Waals surface area contributed by atoms with Gasteiger partial charge in [0, 0.05) is 6.26 Å². The standard InChI is InChI=1S/C19H32O5S2/c1-17(2,3)12-11-13(18(4,5)6)16(26(22,23)24)14(19(7,8)9)15(12)25(10,20)21/h11H,1-10H3,(H,22,23,24). The highest BCUT2D eigenvalue weighted by Gasteiger charge is 2.40. The average Bonchev–Trinajstić information content (AvgIpc) is 2.30. The topological polar surface area (TPSA) is 88.5 Å². The molecule has 0 bridgehead atoms. The van der Waals surface area contributed by atoms with E-state index in [1.807, 2.05) is 41.5 Å². The first-order valence-corrected chi connectivity index (χ1v) is 11.8. The first-order chi connectivity index (χ1) is 11.1. The van der Waals surface area contributed by atoms with Crippen LogP contribution in [0.1, 0.15) is 79.0 Å². The highest BCUT2D eigenvalue weighted by molar-refractivity contribution is 7.91. The lowest BCUT2D eigenvalue weighted by Gasteiger charge is -2.35. The average molecular weight is 405 g/mol. The van der Waals surface area contributed by atoms with Crippen LogP contribution in [0.4, 0.5) is 0 Å². The highest BCUT2D eigenvalue weighted by atomic mass is 32.2. The van der Waals surface area contributed by atoms with Crippen LogP contribution in [0, 0.1) is 0 Å². The number of sulfone groups is 1. The normalized spacial score (nSPS) is 14.6. The zero-order chi connectivity index (χ0) is 21.1. The van der Waals surface area contributed by atoms with Crippen molar-refractivity contribution in [2.45, 2.75) is 88.3 Å². The Bertz CT molecular complexity index is 850. The van der Waals surface area contributed by atoms with Gasteiger partial charge in [0.05, 0.1) is 4.90 Å². The van der Waals surface area contributed by atoms with Gasteiger partial charge in [0.15, 0.2) is 9.84 Å². The van der Waals surface area contributed by atoms with Crippen LogP contribution in [0.2, 0.25) is 0 Å². The van der Waals surface area contributed by atoms with Crippen LogP contribution in [0.3, 0.4) is 0 Å². The molecule has 0 aliphatic heterocycles. The molecular formula is C19H32O5S2. The molecule has 0 aromatic heterocycles. The zero-order valence-electron chi connectivity index (χ0n) is 17.5. The molecule has 0 saturated carbocycles. The Labute approximate surface area is 158 Å². The van der Waals surface area contributed by atoms with E-state index in [0.29, 0.717) is 11.1 Å². The second-order valence-electron chi connectivity index (χ2n) is 10.0. The van der Waals surface area contributed by atoms with E-state index in [1.165, 1.54) is 0 Å². The molecule has 0 spiro atoms. The summed E-state index contributed by atoms with van der Waals surface area (Å²) in [5.74, 6) is 0. The molecule has 7 heteroatoms. The summed E-state index contributed by atoms with van der Waals surface area (Å²) < 4.78 is 60.2. The fraction of sp³-hybridized carbons (Fsp3) is 0.684. The predicted octanol–water partition coefficient (Wildman–Crippen LogP) is 4.23. The van der Waals surface area contributed by atoms with Crippen LogP contribution in [-0.4, -0.2) is 27.6 Å². The van der Waals surface area contributed by atoms with Gasteiger partial charge < -0.3 is 0 Å². The molecule has 5 nitrogen and oxygen atoms in total. The van der Waals surface area contributed by atoms with Gasteiger partial charge in [0.1, 0.15) is 4.90 Å². The summed E-state index contributed by atoms with van der Waals surface area (Å²) >= 11 is 0. The molecule has 0 aliphatic carbocycles. The Morgan fingerprint density at radius 2 is 1.04 bits per heavy atom. The zero-order valence-corrected chi connectivity index (χ0v) is 19.1. The van der Waals surface area contributed by atoms with Crippen molar-refractivity contribution < 1.29 is 21.4 Å². The van der Waals surface area contributed by atoms with E-state index < -0.39 is 36.2 Å². The summed E-state index contributed by atoms with van der Waals surface area (Å²) in [6.45, 7) is 16.5. The van der Waals surface area contributed by atoms with Gasteiger partial charge in [-0.2, -0.15) is 8.42 Å². The van der Waals surface area contributed by atoms with Gasteiger partial charge in [-0.15, -0.1) is 0 Å². The Morgan fingerprint density at radius 1 is 0.692 bits per heavy atom. The van der Waals surface area contributed by atoms with Crippen molar-refractivity contribution in [2.24, 2.45) is 0 Å². The minimum atomic E-state index is -4.64. The van der Waals surface area contributed by atoms with E-state index in [4.69, 9.17) is 0 Å². The van der Waals surface area contributed by atoms with Gasteiger partial charge in [-0.3, -0.25) is 4.55 Å². The molecule has 1 aromatic rings. The van der Waals surface area contributed by atoms with E-state index in [0.717, 1.165) is 6.26 Å². The van der Waals surface area contributed by atoms with E-state index in [-0.39, 0.29) is 15.4 Å². The molecule has 1 aromatic carbocycles. The molecule has 0 fully saturated rings. The fourth-order valence-corrected chi connectivity index (χ4v) is 6.01. The highest BCUT2D eigenvalue weighted by Crippen LogP contribution is 2.45. The molecule has 0 radical (unpaired) electrons. The quantitative estimate of drug-likeness (QED) is 0.745. The van der Waals surface area contributed by atoms with Crippen molar-refractivity contribution >= 4 is 20.0 Å². The first-order valence-electron chi connectivity index (χ1n) is 8.49. The van der Waals surface area contributed by atoms with Crippen LogP contribution in [0.25, 0.3) is 0 Å². The van der Waals surface area contributed by atoms with Crippen molar-refractivity contribution in [3.05, 3.63) is 22.8 Å². The van der Waals surface area contributed by atoms with Gasteiger partial charge in [-0.05, 0) is 32.9 Å². The van der Waals surface area contributed by atoms with Crippen molar-refractivity contribution in [1.82, 2.24) is 0 Å². The largest absolute Gasteiger partial charge is 0.295 e. The Balaban J connectivity index is 4.57. The Kier molecular flexibility index (Phi) is 5.61. The van der Waals surface area contributed by atoms with Gasteiger partial charge in [-0.1, -0.05) is 68.4 Å². The molecule has 1 rings (SSSR count). The molecule has 26 heavy (non-hydrogen) atoms. The number of hydrogen-bond acceptors (Lipinski definition) is 4. The number of benzene rings is 1. The Morgan fingerprint density at radius 3 is 1.27 bits per heavy atom. The van der Waals surface area contributed by atoms with Crippen molar-refractivity contribution in [3.8, 4) is 0 Å². The van der Waals surface area contributed by atoms with E-state index in [1.54, 1.807) is 26.8 Å².